The van der Waals surface area contributed by atoms with Crippen LogP contribution in [0.25, 0.3) is 11.1 Å². The first-order valence-corrected chi connectivity index (χ1v) is 9.77. The monoisotopic (exact) mass is 389 g/mol. The lowest BCUT2D eigenvalue weighted by atomic mass is 9.96. The number of amides is 1. The fourth-order valence-electron chi connectivity index (χ4n) is 3.65. The Bertz CT molecular complexity index is 935. The minimum Gasteiger partial charge on any atom is -0.466 e. The average Bonchev–Trinajstić information content (AvgIpc) is 3.00. The zero-order valence-corrected chi connectivity index (χ0v) is 16.9. The zero-order valence-electron chi connectivity index (χ0n) is 16.9. The van der Waals surface area contributed by atoms with Gasteiger partial charge in [0.2, 0.25) is 5.71 Å². The first-order valence-electron chi connectivity index (χ1n) is 9.77. The molecule has 2 aromatic rings. The Morgan fingerprint density at radius 1 is 1.32 bits per heavy atom. The summed E-state index contributed by atoms with van der Waals surface area (Å²) in [5, 5.41) is 0.234. The summed E-state index contributed by atoms with van der Waals surface area (Å²) in [5.74, 6) is 0.0154. The molecule has 2 aromatic heterocycles. The van der Waals surface area contributed by atoms with Crippen molar-refractivity contribution in [1.29, 1.82) is 0 Å². The molecule has 0 aliphatic carbocycles. The Kier molecular flexibility index (Phi) is 5.86. The van der Waals surface area contributed by atoms with Gasteiger partial charge in [0.15, 0.2) is 0 Å². The summed E-state index contributed by atoms with van der Waals surface area (Å²) in [7, 11) is 0. The minimum absolute atomic E-state index is 0.184. The molecule has 1 aliphatic rings. The Labute approximate surface area is 163 Å². The van der Waals surface area contributed by atoms with E-state index in [4.69, 9.17) is 9.15 Å². The highest BCUT2D eigenvalue weighted by Gasteiger charge is 2.32. The van der Waals surface area contributed by atoms with Crippen LogP contribution in [-0.4, -0.2) is 46.0 Å². The van der Waals surface area contributed by atoms with Gasteiger partial charge in [-0.2, -0.15) is 0 Å². The molecule has 0 aromatic carbocycles. The predicted octanol–water partition coefficient (Wildman–Crippen LogP) is 2.37. The Morgan fingerprint density at radius 2 is 2.00 bits per heavy atom. The Hall–Kier alpha value is -2.64. The van der Waals surface area contributed by atoms with Gasteiger partial charge >= 0.3 is 5.97 Å². The highest BCUT2D eigenvalue weighted by Crippen LogP contribution is 2.26. The highest BCUT2D eigenvalue weighted by molar-refractivity contribution is 6.06. The molecule has 1 amide bonds. The standard InChI is InChI=1S/C20H27N3O5/c1-5-27-20(26)14-6-8-22(9-7-14)18(24)15-13(4)28-17-16(15)19(25)23(11-21-17)10-12(2)3/h11-12,14H,5-10H2,1-4H3. The number of esters is 1. The molecule has 152 valence electrons. The largest absolute Gasteiger partial charge is 0.466 e. The molecule has 1 aliphatic heterocycles. The van der Waals surface area contributed by atoms with E-state index in [0.29, 0.717) is 44.8 Å². The number of carbonyl (C=O) groups is 2. The van der Waals surface area contributed by atoms with Crippen LogP contribution < -0.4 is 5.56 Å². The molecule has 0 bridgehead atoms. The zero-order chi connectivity index (χ0) is 20.4. The van der Waals surface area contributed by atoms with Crippen LogP contribution >= 0.6 is 0 Å². The summed E-state index contributed by atoms with van der Waals surface area (Å²) in [6, 6.07) is 0. The third kappa shape index (κ3) is 3.81. The Balaban J connectivity index is 1.87. The van der Waals surface area contributed by atoms with Crippen LogP contribution in [0.2, 0.25) is 0 Å². The van der Waals surface area contributed by atoms with Crippen LogP contribution in [0.5, 0.6) is 0 Å². The van der Waals surface area contributed by atoms with Gasteiger partial charge in [0.1, 0.15) is 17.5 Å². The number of rotatable bonds is 5. The molecule has 0 atom stereocenters. The van der Waals surface area contributed by atoms with E-state index in [9.17, 15) is 14.4 Å². The number of aryl methyl sites for hydroxylation is 1. The van der Waals surface area contributed by atoms with E-state index >= 15 is 0 Å². The van der Waals surface area contributed by atoms with E-state index in [-0.39, 0.29) is 45.9 Å². The molecule has 0 N–H and O–H groups in total. The van der Waals surface area contributed by atoms with Crippen molar-refractivity contribution in [2.75, 3.05) is 19.7 Å². The third-order valence-electron chi connectivity index (χ3n) is 5.03. The second-order valence-corrected chi connectivity index (χ2v) is 7.63. The van der Waals surface area contributed by atoms with Crippen LogP contribution in [0, 0.1) is 18.8 Å². The molecule has 8 nitrogen and oxygen atoms in total. The number of piperidine rings is 1. The summed E-state index contributed by atoms with van der Waals surface area (Å²) in [4.78, 5) is 43.9. The number of likely N-dealkylation sites (tertiary alicyclic amines) is 1. The third-order valence-corrected chi connectivity index (χ3v) is 5.03. The van der Waals surface area contributed by atoms with Gasteiger partial charge in [-0.1, -0.05) is 13.8 Å². The van der Waals surface area contributed by atoms with E-state index in [2.05, 4.69) is 4.98 Å². The fourth-order valence-corrected chi connectivity index (χ4v) is 3.65. The van der Waals surface area contributed by atoms with E-state index in [0.717, 1.165) is 0 Å². The number of hydrogen-bond acceptors (Lipinski definition) is 6. The van der Waals surface area contributed by atoms with Crippen LogP contribution in [0.15, 0.2) is 15.5 Å². The molecular weight excluding hydrogens is 362 g/mol. The lowest BCUT2D eigenvalue weighted by Crippen LogP contribution is -2.41. The van der Waals surface area contributed by atoms with E-state index < -0.39 is 0 Å². The molecule has 0 spiro atoms. The van der Waals surface area contributed by atoms with Gasteiger partial charge in [0.25, 0.3) is 11.5 Å². The van der Waals surface area contributed by atoms with Gasteiger partial charge in [0.05, 0.1) is 18.1 Å². The van der Waals surface area contributed by atoms with Crippen molar-refractivity contribution < 1.29 is 18.7 Å². The van der Waals surface area contributed by atoms with Crippen molar-refractivity contribution in [3.05, 3.63) is 28.0 Å². The highest BCUT2D eigenvalue weighted by atomic mass is 16.5. The number of ether oxygens (including phenoxy) is 1. The van der Waals surface area contributed by atoms with Crippen molar-refractivity contribution in [3.63, 3.8) is 0 Å². The number of fused-ring (bicyclic) bond motifs is 1. The van der Waals surface area contributed by atoms with E-state index in [1.807, 2.05) is 13.8 Å². The van der Waals surface area contributed by atoms with Gasteiger partial charge < -0.3 is 14.1 Å². The molecule has 0 radical (unpaired) electrons. The van der Waals surface area contributed by atoms with Crippen molar-refractivity contribution in [2.45, 2.75) is 47.1 Å². The molecule has 0 unspecified atom stereocenters. The van der Waals surface area contributed by atoms with Crippen molar-refractivity contribution in [1.82, 2.24) is 14.5 Å². The summed E-state index contributed by atoms with van der Waals surface area (Å²) in [5.41, 5.74) is 0.202. The SMILES string of the molecule is CCOC(=O)C1CCN(C(=O)c2c(C)oc3ncn(CC(C)C)c(=O)c23)CC1. The quantitative estimate of drug-likeness (QED) is 0.729. The average molecular weight is 389 g/mol. The number of furan rings is 1. The molecular formula is C20H27N3O5. The first-order chi connectivity index (χ1) is 13.3. The maximum absolute atomic E-state index is 13.2. The molecule has 1 saturated heterocycles. The lowest BCUT2D eigenvalue weighted by molar-refractivity contribution is -0.149. The maximum atomic E-state index is 13.2. The second kappa shape index (κ2) is 8.16. The van der Waals surface area contributed by atoms with Crippen LogP contribution in [0.1, 0.15) is 49.7 Å². The van der Waals surface area contributed by atoms with Crippen LogP contribution in [-0.2, 0) is 16.1 Å². The maximum Gasteiger partial charge on any atom is 0.309 e. The Morgan fingerprint density at radius 3 is 2.61 bits per heavy atom. The van der Waals surface area contributed by atoms with Crippen LogP contribution in [0.4, 0.5) is 0 Å². The van der Waals surface area contributed by atoms with Gasteiger partial charge in [-0.3, -0.25) is 19.0 Å². The summed E-state index contributed by atoms with van der Waals surface area (Å²) in [6.07, 6.45) is 2.57. The molecule has 3 heterocycles. The van der Waals surface area contributed by atoms with Crippen molar-refractivity contribution in [3.8, 4) is 0 Å². The number of hydrogen-bond donors (Lipinski definition) is 0. The summed E-state index contributed by atoms with van der Waals surface area (Å²) >= 11 is 0. The van der Waals surface area contributed by atoms with Gasteiger partial charge in [-0.05, 0) is 32.6 Å². The summed E-state index contributed by atoms with van der Waals surface area (Å²) < 4.78 is 12.2. The van der Waals surface area contributed by atoms with Gasteiger partial charge in [0, 0.05) is 19.6 Å². The molecule has 1 fully saturated rings. The van der Waals surface area contributed by atoms with E-state index in [1.165, 1.54) is 10.9 Å². The molecule has 8 heteroatoms. The lowest BCUT2D eigenvalue weighted by Gasteiger charge is -2.30. The molecule has 0 saturated carbocycles. The van der Waals surface area contributed by atoms with Crippen molar-refractivity contribution >= 4 is 23.0 Å². The minimum atomic E-state index is -0.264. The van der Waals surface area contributed by atoms with E-state index in [1.54, 1.807) is 18.7 Å². The van der Waals surface area contributed by atoms with Gasteiger partial charge in [-0.15, -0.1) is 0 Å². The topological polar surface area (TPSA) is 94.6 Å². The fraction of sp³-hybridized carbons (Fsp3) is 0.600. The predicted molar refractivity (Wildman–Crippen MR) is 103 cm³/mol. The normalized spacial score (nSPS) is 15.4. The van der Waals surface area contributed by atoms with Gasteiger partial charge in [-0.25, -0.2) is 4.98 Å². The number of carbonyl (C=O) groups excluding carboxylic acids is 2. The first kappa shape index (κ1) is 20.1. The second-order valence-electron chi connectivity index (χ2n) is 7.63. The summed E-state index contributed by atoms with van der Waals surface area (Å²) in [6.45, 7) is 9.23. The molecule has 28 heavy (non-hydrogen) atoms. The number of aromatic nitrogens is 2. The smallest absolute Gasteiger partial charge is 0.309 e. The van der Waals surface area contributed by atoms with Crippen LogP contribution in [0.3, 0.4) is 0 Å². The molecule has 3 rings (SSSR count). The number of nitrogens with zero attached hydrogens (tertiary/aromatic N) is 3. The van der Waals surface area contributed by atoms with Crippen molar-refractivity contribution in [2.24, 2.45) is 11.8 Å².